The van der Waals surface area contributed by atoms with E-state index in [1.807, 2.05) is 16.8 Å². The fraction of sp³-hybridized carbons (Fsp3) is 0.700. The van der Waals surface area contributed by atoms with E-state index in [0.717, 1.165) is 51.9 Å². The van der Waals surface area contributed by atoms with Crippen LogP contribution in [-0.4, -0.2) is 69.3 Å². The van der Waals surface area contributed by atoms with Gasteiger partial charge < -0.3 is 19.7 Å². The lowest BCUT2D eigenvalue weighted by molar-refractivity contribution is -0.136. The fourth-order valence-corrected chi connectivity index (χ4v) is 4.87. The maximum atomic E-state index is 12.5. The van der Waals surface area contributed by atoms with Crippen LogP contribution in [0.5, 0.6) is 0 Å². The van der Waals surface area contributed by atoms with Gasteiger partial charge in [-0.3, -0.25) is 14.4 Å². The smallest absolute Gasteiger partial charge is 0.274 e. The van der Waals surface area contributed by atoms with Crippen LogP contribution in [-0.2, 0) is 16.6 Å². The van der Waals surface area contributed by atoms with E-state index in [2.05, 4.69) is 10.3 Å². The van der Waals surface area contributed by atoms with Gasteiger partial charge in [-0.25, -0.2) is 4.98 Å². The first-order chi connectivity index (χ1) is 13.5. The van der Waals surface area contributed by atoms with Crippen LogP contribution in [0.3, 0.4) is 0 Å². The summed E-state index contributed by atoms with van der Waals surface area (Å²) < 4.78 is 1.80. The van der Waals surface area contributed by atoms with Crippen LogP contribution in [0.25, 0.3) is 0 Å². The van der Waals surface area contributed by atoms with E-state index in [1.54, 1.807) is 17.1 Å². The van der Waals surface area contributed by atoms with Crippen LogP contribution in [0.4, 0.5) is 0 Å². The molecule has 3 amide bonds. The molecule has 3 saturated heterocycles. The predicted molar refractivity (Wildman–Crippen MR) is 102 cm³/mol. The molecule has 0 saturated carbocycles. The van der Waals surface area contributed by atoms with Crippen molar-refractivity contribution >= 4 is 17.7 Å². The van der Waals surface area contributed by atoms with E-state index in [-0.39, 0.29) is 23.8 Å². The molecule has 3 fully saturated rings. The fourth-order valence-electron chi connectivity index (χ4n) is 4.87. The summed E-state index contributed by atoms with van der Waals surface area (Å²) in [6.07, 6.45) is 8.60. The lowest BCUT2D eigenvalue weighted by atomic mass is 9.78. The first kappa shape index (κ1) is 19.0. The van der Waals surface area contributed by atoms with Gasteiger partial charge in [-0.2, -0.15) is 0 Å². The van der Waals surface area contributed by atoms with Gasteiger partial charge >= 0.3 is 0 Å². The van der Waals surface area contributed by atoms with Crippen LogP contribution in [0.15, 0.2) is 12.5 Å². The molecular formula is C20H29N5O3. The number of likely N-dealkylation sites (tertiary alicyclic amines) is 2. The Morgan fingerprint density at radius 3 is 2.11 bits per heavy atom. The Kier molecular flexibility index (Phi) is 5.37. The summed E-state index contributed by atoms with van der Waals surface area (Å²) in [5.41, 5.74) is 0.520. The molecule has 4 rings (SSSR count). The van der Waals surface area contributed by atoms with Gasteiger partial charge in [0.05, 0.1) is 6.33 Å². The maximum absolute atomic E-state index is 12.5. The van der Waals surface area contributed by atoms with Gasteiger partial charge in [-0.05, 0) is 43.9 Å². The summed E-state index contributed by atoms with van der Waals surface area (Å²) >= 11 is 0. The van der Waals surface area contributed by atoms with Crippen molar-refractivity contribution in [2.24, 2.45) is 18.9 Å². The topological polar surface area (TPSA) is 87.5 Å². The molecule has 8 nitrogen and oxygen atoms in total. The molecule has 1 atom stereocenters. The zero-order valence-electron chi connectivity index (χ0n) is 16.5. The second kappa shape index (κ2) is 7.93. The van der Waals surface area contributed by atoms with E-state index in [0.29, 0.717) is 30.4 Å². The van der Waals surface area contributed by atoms with E-state index in [9.17, 15) is 14.4 Å². The van der Waals surface area contributed by atoms with Crippen LogP contribution >= 0.6 is 0 Å². The van der Waals surface area contributed by atoms with Gasteiger partial charge in [0, 0.05) is 45.8 Å². The number of piperidine rings is 2. The standard InChI is InChI=1S/C20H29N5O3/c1-23-12-17(21-13-23)20(28)25-10-6-15(7-11-25)14-4-8-24(9-5-14)19(27)16-2-3-18(26)22-16/h12-16H,2-11H2,1H3,(H,22,26)/t16-/m0/s1. The first-order valence-electron chi connectivity index (χ1n) is 10.4. The molecular weight excluding hydrogens is 358 g/mol. The highest BCUT2D eigenvalue weighted by molar-refractivity contribution is 5.92. The molecule has 3 aliphatic rings. The van der Waals surface area contributed by atoms with Gasteiger partial charge in [0.2, 0.25) is 11.8 Å². The predicted octanol–water partition coefficient (Wildman–Crippen LogP) is 0.790. The van der Waals surface area contributed by atoms with E-state index >= 15 is 0 Å². The Labute approximate surface area is 165 Å². The van der Waals surface area contributed by atoms with E-state index in [1.165, 1.54) is 0 Å². The number of carbonyl (C=O) groups excluding carboxylic acids is 3. The van der Waals surface area contributed by atoms with Crippen molar-refractivity contribution in [1.82, 2.24) is 24.7 Å². The number of aromatic nitrogens is 2. The molecule has 1 aromatic rings. The van der Waals surface area contributed by atoms with Crippen molar-refractivity contribution in [2.75, 3.05) is 26.2 Å². The first-order valence-corrected chi connectivity index (χ1v) is 10.4. The Hall–Kier alpha value is -2.38. The Morgan fingerprint density at radius 2 is 1.61 bits per heavy atom. The summed E-state index contributed by atoms with van der Waals surface area (Å²) in [7, 11) is 1.87. The SMILES string of the molecule is Cn1cnc(C(=O)N2CCC(C3CCN(C(=O)[C@@H]4CCC(=O)N4)CC3)CC2)c1. The summed E-state index contributed by atoms with van der Waals surface area (Å²) in [6.45, 7) is 3.13. The zero-order chi connectivity index (χ0) is 19.7. The van der Waals surface area contributed by atoms with Gasteiger partial charge in [-0.15, -0.1) is 0 Å². The highest BCUT2D eigenvalue weighted by Gasteiger charge is 2.35. The molecule has 0 unspecified atom stereocenters. The summed E-state index contributed by atoms with van der Waals surface area (Å²) in [5, 5.41) is 2.78. The van der Waals surface area contributed by atoms with Gasteiger partial charge in [0.25, 0.3) is 5.91 Å². The summed E-state index contributed by atoms with van der Waals surface area (Å²) in [6, 6.07) is -0.315. The molecule has 1 aromatic heterocycles. The number of rotatable bonds is 3. The maximum Gasteiger partial charge on any atom is 0.274 e. The van der Waals surface area contributed by atoms with Gasteiger partial charge in [0.15, 0.2) is 0 Å². The largest absolute Gasteiger partial charge is 0.344 e. The van der Waals surface area contributed by atoms with Gasteiger partial charge in [-0.1, -0.05) is 0 Å². The van der Waals surface area contributed by atoms with Crippen LogP contribution < -0.4 is 5.32 Å². The summed E-state index contributed by atoms with van der Waals surface area (Å²) in [5.74, 6) is 1.34. The van der Waals surface area contributed by atoms with Crippen LogP contribution in [0.1, 0.15) is 49.0 Å². The molecule has 8 heteroatoms. The van der Waals surface area contributed by atoms with Crippen molar-refractivity contribution in [3.63, 3.8) is 0 Å². The monoisotopic (exact) mass is 387 g/mol. The Morgan fingerprint density at radius 1 is 1.00 bits per heavy atom. The third-order valence-corrected chi connectivity index (χ3v) is 6.56. The van der Waals surface area contributed by atoms with Gasteiger partial charge in [0.1, 0.15) is 11.7 Å². The molecule has 3 aliphatic heterocycles. The third-order valence-electron chi connectivity index (χ3n) is 6.56. The lowest BCUT2D eigenvalue weighted by Crippen LogP contribution is -2.49. The third kappa shape index (κ3) is 3.91. The average Bonchev–Trinajstić information content (AvgIpc) is 3.35. The van der Waals surface area contributed by atoms with Crippen molar-refractivity contribution < 1.29 is 14.4 Å². The molecule has 4 heterocycles. The molecule has 0 bridgehead atoms. The highest BCUT2D eigenvalue weighted by atomic mass is 16.2. The number of hydrogen-bond acceptors (Lipinski definition) is 4. The Bertz CT molecular complexity index is 745. The second-order valence-corrected chi connectivity index (χ2v) is 8.38. The molecule has 152 valence electrons. The van der Waals surface area contributed by atoms with Crippen LogP contribution in [0.2, 0.25) is 0 Å². The number of aryl methyl sites for hydroxylation is 1. The number of amides is 3. The normalized spacial score (nSPS) is 24.5. The van der Waals surface area contributed by atoms with Crippen molar-refractivity contribution in [3.05, 3.63) is 18.2 Å². The molecule has 0 aliphatic carbocycles. The molecule has 0 aromatic carbocycles. The van der Waals surface area contributed by atoms with E-state index in [4.69, 9.17) is 0 Å². The molecule has 0 spiro atoms. The van der Waals surface area contributed by atoms with Crippen molar-refractivity contribution in [1.29, 1.82) is 0 Å². The van der Waals surface area contributed by atoms with Crippen molar-refractivity contribution in [3.8, 4) is 0 Å². The minimum absolute atomic E-state index is 0.0137. The number of nitrogens with one attached hydrogen (secondary N) is 1. The highest BCUT2D eigenvalue weighted by Crippen LogP contribution is 2.33. The number of hydrogen-bond donors (Lipinski definition) is 1. The van der Waals surface area contributed by atoms with Crippen LogP contribution in [0, 0.1) is 11.8 Å². The summed E-state index contributed by atoms with van der Waals surface area (Å²) in [4.78, 5) is 44.4. The quantitative estimate of drug-likeness (QED) is 0.831. The number of nitrogens with zero attached hydrogens (tertiary/aromatic N) is 4. The number of imidazole rings is 1. The van der Waals surface area contributed by atoms with E-state index < -0.39 is 0 Å². The zero-order valence-corrected chi connectivity index (χ0v) is 16.5. The molecule has 28 heavy (non-hydrogen) atoms. The minimum atomic E-state index is -0.315. The lowest BCUT2D eigenvalue weighted by Gasteiger charge is -2.40. The molecule has 1 N–H and O–H groups in total. The van der Waals surface area contributed by atoms with Crippen molar-refractivity contribution in [2.45, 2.75) is 44.6 Å². The average molecular weight is 387 g/mol. The second-order valence-electron chi connectivity index (χ2n) is 8.38. The Balaban J connectivity index is 1.23. The number of carbonyl (C=O) groups is 3. The minimum Gasteiger partial charge on any atom is -0.344 e. The molecule has 0 radical (unpaired) electrons.